The van der Waals surface area contributed by atoms with Crippen molar-refractivity contribution in [1.82, 2.24) is 4.72 Å². The van der Waals surface area contributed by atoms with Crippen LogP contribution in [0.25, 0.3) is 0 Å². The first-order chi connectivity index (χ1) is 15.0. The molecule has 158 valence electrons. The van der Waals surface area contributed by atoms with Gasteiger partial charge in [0.2, 0.25) is 0 Å². The van der Waals surface area contributed by atoms with Crippen LogP contribution in [0.1, 0.15) is 17.5 Å². The average molecular weight is 436 g/mol. The van der Waals surface area contributed by atoms with Crippen molar-refractivity contribution in [2.24, 2.45) is 4.99 Å². The summed E-state index contributed by atoms with van der Waals surface area (Å²) in [5.74, 6) is 1.10. The van der Waals surface area contributed by atoms with Gasteiger partial charge in [-0.05, 0) is 30.3 Å². The van der Waals surface area contributed by atoms with Gasteiger partial charge in [-0.1, -0.05) is 48.5 Å². The minimum absolute atomic E-state index is 0.0229. The molecule has 1 aliphatic heterocycles. The number of para-hydroxylation sites is 2. The number of aliphatic imine (C=N–C) groups is 1. The molecule has 1 N–H and O–H groups in total. The highest BCUT2D eigenvalue weighted by Gasteiger charge is 2.29. The standard InChI is InChI=1S/C23H20N2O5S/c26-22(14-15-24-23-19-11-5-7-13-21(19)31(27,28)25-23)29-16-17-8-4-6-12-20(17)30-18-9-2-1-3-10-18/h1-13H,14-16H2,(H,24,25). The fourth-order valence-electron chi connectivity index (χ4n) is 3.08. The number of nitrogens with zero attached hydrogens (tertiary/aromatic N) is 1. The van der Waals surface area contributed by atoms with Crippen LogP contribution in [0.2, 0.25) is 0 Å². The largest absolute Gasteiger partial charge is 0.461 e. The number of ether oxygens (including phenoxy) is 2. The molecule has 0 atom stereocenters. The average Bonchev–Trinajstić information content (AvgIpc) is 3.04. The van der Waals surface area contributed by atoms with E-state index in [1.165, 1.54) is 6.07 Å². The fraction of sp³-hybridized carbons (Fsp3) is 0.130. The Balaban J connectivity index is 1.33. The summed E-state index contributed by atoms with van der Waals surface area (Å²) in [6.45, 7) is 0.168. The maximum Gasteiger partial charge on any atom is 0.308 e. The summed E-state index contributed by atoms with van der Waals surface area (Å²) in [4.78, 5) is 16.6. The Kier molecular flexibility index (Phi) is 5.99. The Morgan fingerprint density at radius 3 is 2.45 bits per heavy atom. The van der Waals surface area contributed by atoms with Crippen LogP contribution < -0.4 is 9.46 Å². The van der Waals surface area contributed by atoms with Gasteiger partial charge in [0.1, 0.15) is 23.9 Å². The zero-order chi connectivity index (χ0) is 21.7. The highest BCUT2D eigenvalue weighted by molar-refractivity contribution is 7.90. The SMILES string of the molecule is O=C(CCN=C1NS(=O)(=O)c2ccccc21)OCc1ccccc1Oc1ccccc1. The number of sulfonamides is 1. The summed E-state index contributed by atoms with van der Waals surface area (Å²) in [5, 5.41) is 0. The Morgan fingerprint density at radius 1 is 0.903 bits per heavy atom. The molecule has 3 aromatic rings. The molecule has 0 bridgehead atoms. The first-order valence-corrected chi connectivity index (χ1v) is 11.1. The summed E-state index contributed by atoms with van der Waals surface area (Å²) in [6, 6.07) is 23.3. The van der Waals surface area contributed by atoms with Gasteiger partial charge in [0.05, 0.1) is 17.9 Å². The summed E-state index contributed by atoms with van der Waals surface area (Å²) >= 11 is 0. The highest BCUT2D eigenvalue weighted by Crippen LogP contribution is 2.26. The third kappa shape index (κ3) is 4.92. The number of carbonyl (C=O) groups is 1. The van der Waals surface area contributed by atoms with Crippen molar-refractivity contribution in [2.45, 2.75) is 17.9 Å². The molecule has 0 amide bonds. The normalized spacial score (nSPS) is 15.2. The lowest BCUT2D eigenvalue weighted by molar-refractivity contribution is -0.144. The van der Waals surface area contributed by atoms with E-state index in [9.17, 15) is 13.2 Å². The molecular weight excluding hydrogens is 416 g/mol. The molecular formula is C23H20N2O5S. The summed E-state index contributed by atoms with van der Waals surface area (Å²) in [6.07, 6.45) is 0.0229. The van der Waals surface area contributed by atoms with E-state index in [-0.39, 0.29) is 30.3 Å². The Bertz CT molecular complexity index is 1220. The number of carbonyl (C=O) groups excluding carboxylic acids is 1. The monoisotopic (exact) mass is 436 g/mol. The van der Waals surface area contributed by atoms with Crippen LogP contribution in [-0.2, 0) is 26.2 Å². The molecule has 31 heavy (non-hydrogen) atoms. The minimum Gasteiger partial charge on any atom is -0.461 e. The van der Waals surface area contributed by atoms with Crippen molar-refractivity contribution in [2.75, 3.05) is 6.54 Å². The second-order valence-electron chi connectivity index (χ2n) is 6.77. The van der Waals surface area contributed by atoms with E-state index in [1.807, 2.05) is 54.6 Å². The van der Waals surface area contributed by atoms with Crippen LogP contribution >= 0.6 is 0 Å². The van der Waals surface area contributed by atoms with Gasteiger partial charge in [0, 0.05) is 11.1 Å². The molecule has 4 rings (SSSR count). The molecule has 0 unspecified atom stereocenters. The summed E-state index contributed by atoms with van der Waals surface area (Å²) in [5.41, 5.74) is 1.24. The first-order valence-electron chi connectivity index (χ1n) is 9.66. The number of nitrogens with one attached hydrogen (secondary N) is 1. The van der Waals surface area contributed by atoms with E-state index in [1.54, 1.807) is 18.2 Å². The van der Waals surface area contributed by atoms with Crippen molar-refractivity contribution in [3.63, 3.8) is 0 Å². The van der Waals surface area contributed by atoms with E-state index in [0.717, 1.165) is 5.56 Å². The van der Waals surface area contributed by atoms with Crippen molar-refractivity contribution in [3.8, 4) is 11.5 Å². The molecule has 0 radical (unpaired) electrons. The van der Waals surface area contributed by atoms with Crippen molar-refractivity contribution < 1.29 is 22.7 Å². The highest BCUT2D eigenvalue weighted by atomic mass is 32.2. The van der Waals surface area contributed by atoms with Crippen LogP contribution in [0.4, 0.5) is 0 Å². The molecule has 8 heteroatoms. The molecule has 0 spiro atoms. The van der Waals surface area contributed by atoms with Crippen molar-refractivity contribution >= 4 is 21.8 Å². The molecule has 0 aromatic heterocycles. The first kappa shape index (κ1) is 20.6. The van der Waals surface area contributed by atoms with Crippen LogP contribution in [0, 0.1) is 0 Å². The fourth-order valence-corrected chi connectivity index (χ4v) is 4.33. The van der Waals surface area contributed by atoms with Gasteiger partial charge in [-0.3, -0.25) is 14.5 Å². The second-order valence-corrected chi connectivity index (χ2v) is 8.42. The lowest BCUT2D eigenvalue weighted by Gasteiger charge is -2.11. The third-order valence-corrected chi connectivity index (χ3v) is 5.98. The number of fused-ring (bicyclic) bond motifs is 1. The van der Waals surface area contributed by atoms with E-state index in [2.05, 4.69) is 9.71 Å². The van der Waals surface area contributed by atoms with Crippen LogP contribution in [-0.4, -0.2) is 26.8 Å². The molecule has 7 nitrogen and oxygen atoms in total. The Morgan fingerprint density at radius 2 is 1.61 bits per heavy atom. The van der Waals surface area contributed by atoms with Gasteiger partial charge in [0.25, 0.3) is 10.0 Å². The van der Waals surface area contributed by atoms with E-state index >= 15 is 0 Å². The quantitative estimate of drug-likeness (QED) is 0.571. The topological polar surface area (TPSA) is 94.1 Å². The van der Waals surface area contributed by atoms with Gasteiger partial charge in [-0.2, -0.15) is 0 Å². The number of amidine groups is 1. The number of esters is 1. The van der Waals surface area contributed by atoms with Crippen LogP contribution in [0.5, 0.6) is 11.5 Å². The zero-order valence-electron chi connectivity index (χ0n) is 16.5. The number of hydrogen-bond donors (Lipinski definition) is 1. The molecule has 0 fully saturated rings. The lowest BCUT2D eigenvalue weighted by atomic mass is 10.2. The summed E-state index contributed by atoms with van der Waals surface area (Å²) in [7, 11) is -3.59. The zero-order valence-corrected chi connectivity index (χ0v) is 17.3. The van der Waals surface area contributed by atoms with Crippen LogP contribution in [0.15, 0.2) is 88.8 Å². The van der Waals surface area contributed by atoms with E-state index in [4.69, 9.17) is 9.47 Å². The molecule has 3 aromatic carbocycles. The predicted molar refractivity (Wildman–Crippen MR) is 116 cm³/mol. The van der Waals surface area contributed by atoms with Gasteiger partial charge in [0.15, 0.2) is 0 Å². The number of benzene rings is 3. The number of hydrogen-bond acceptors (Lipinski definition) is 6. The van der Waals surface area contributed by atoms with Gasteiger partial charge in [-0.15, -0.1) is 0 Å². The van der Waals surface area contributed by atoms with Gasteiger partial charge >= 0.3 is 5.97 Å². The van der Waals surface area contributed by atoms with E-state index < -0.39 is 16.0 Å². The van der Waals surface area contributed by atoms with E-state index in [0.29, 0.717) is 17.1 Å². The Labute approximate surface area is 180 Å². The molecule has 0 saturated heterocycles. The maximum absolute atomic E-state index is 12.2. The van der Waals surface area contributed by atoms with Gasteiger partial charge in [-0.25, -0.2) is 8.42 Å². The smallest absolute Gasteiger partial charge is 0.308 e. The molecule has 0 aliphatic carbocycles. The van der Waals surface area contributed by atoms with Gasteiger partial charge < -0.3 is 9.47 Å². The second kappa shape index (κ2) is 9.01. The minimum atomic E-state index is -3.59. The Hall–Kier alpha value is -3.65. The molecule has 1 heterocycles. The lowest BCUT2D eigenvalue weighted by Crippen LogP contribution is -2.22. The molecule has 1 aliphatic rings. The van der Waals surface area contributed by atoms with Crippen molar-refractivity contribution in [1.29, 1.82) is 0 Å². The predicted octanol–water partition coefficient (Wildman–Crippen LogP) is 3.65. The van der Waals surface area contributed by atoms with Crippen LogP contribution in [0.3, 0.4) is 0 Å². The summed E-state index contributed by atoms with van der Waals surface area (Å²) < 4.78 is 37.8. The van der Waals surface area contributed by atoms with Crippen molar-refractivity contribution in [3.05, 3.63) is 90.0 Å². The number of rotatable bonds is 7. The third-order valence-electron chi connectivity index (χ3n) is 4.58. The molecule has 0 saturated carbocycles. The maximum atomic E-state index is 12.2.